The lowest BCUT2D eigenvalue weighted by molar-refractivity contribution is 0.400. The molecule has 2 heterocycles. The Hall–Kier alpha value is -3.11. The number of hydrogen-bond donors (Lipinski definition) is 1. The summed E-state index contributed by atoms with van der Waals surface area (Å²) in [7, 11) is 1.07. The van der Waals surface area contributed by atoms with Crippen LogP contribution in [-0.4, -0.2) is 51.1 Å². The first kappa shape index (κ1) is 21.6. The number of anilines is 1. The zero-order chi connectivity index (χ0) is 21.7. The van der Waals surface area contributed by atoms with Gasteiger partial charge in [-0.15, -0.1) is 0 Å². The van der Waals surface area contributed by atoms with Crippen LogP contribution in [0, 0.1) is 5.82 Å². The van der Waals surface area contributed by atoms with Crippen molar-refractivity contribution in [2.45, 2.75) is 11.3 Å². The maximum atomic E-state index is 13.6. The number of nitrogens with zero attached hydrogens (tertiary/aromatic N) is 4. The molecule has 8 nitrogen and oxygen atoms in total. The summed E-state index contributed by atoms with van der Waals surface area (Å²) in [5.74, 6) is 0.530. The van der Waals surface area contributed by atoms with E-state index in [1.165, 1.54) is 13.2 Å². The standard InChI is InChI=1S/C20H22FN5O3S/c1-26(2)19-13-15(24-20(25-19)16-6-4-5-10-22-16)9-11-23-30(27,28)18-12-14(21)7-8-17(18)29-3/h4-8,10,12-13,23H,9,11H2,1-3H3. The third-order valence-corrected chi connectivity index (χ3v) is 5.69. The fourth-order valence-corrected chi connectivity index (χ4v) is 3.91. The van der Waals surface area contributed by atoms with Crippen molar-refractivity contribution in [2.75, 3.05) is 32.6 Å². The minimum absolute atomic E-state index is 0.0630. The number of hydrogen-bond acceptors (Lipinski definition) is 7. The lowest BCUT2D eigenvalue weighted by Gasteiger charge is -2.14. The van der Waals surface area contributed by atoms with Crippen molar-refractivity contribution in [3.05, 3.63) is 60.2 Å². The van der Waals surface area contributed by atoms with E-state index in [0.29, 0.717) is 29.5 Å². The number of sulfonamides is 1. The van der Waals surface area contributed by atoms with Crippen LogP contribution in [0.5, 0.6) is 5.75 Å². The van der Waals surface area contributed by atoms with Gasteiger partial charge in [0.15, 0.2) is 5.82 Å². The second kappa shape index (κ2) is 9.14. The van der Waals surface area contributed by atoms with Gasteiger partial charge in [-0.2, -0.15) is 0 Å². The highest BCUT2D eigenvalue weighted by atomic mass is 32.2. The molecular formula is C20H22FN5O3S. The first-order chi connectivity index (χ1) is 14.3. The fourth-order valence-electron chi connectivity index (χ4n) is 2.70. The normalized spacial score (nSPS) is 11.3. The molecule has 0 aliphatic carbocycles. The Morgan fingerprint density at radius 3 is 2.60 bits per heavy atom. The van der Waals surface area contributed by atoms with E-state index < -0.39 is 15.8 Å². The number of ether oxygens (including phenoxy) is 1. The molecule has 1 N–H and O–H groups in total. The average molecular weight is 431 g/mol. The predicted octanol–water partition coefficient (Wildman–Crippen LogP) is 2.27. The lowest BCUT2D eigenvalue weighted by atomic mass is 10.2. The third-order valence-electron chi connectivity index (χ3n) is 4.21. The SMILES string of the molecule is COc1ccc(F)cc1S(=O)(=O)NCCc1cc(N(C)C)nc(-c2ccccn2)n1. The first-order valence-electron chi connectivity index (χ1n) is 9.10. The van der Waals surface area contributed by atoms with Gasteiger partial charge in [-0.05, 0) is 30.3 Å². The van der Waals surface area contributed by atoms with E-state index in [2.05, 4.69) is 19.7 Å². The van der Waals surface area contributed by atoms with Crippen molar-refractivity contribution in [1.82, 2.24) is 19.7 Å². The summed E-state index contributed by atoms with van der Waals surface area (Å²) in [6.45, 7) is 0.0630. The van der Waals surface area contributed by atoms with Gasteiger partial charge in [-0.3, -0.25) is 4.98 Å². The summed E-state index contributed by atoms with van der Waals surface area (Å²) >= 11 is 0. The maximum Gasteiger partial charge on any atom is 0.244 e. The van der Waals surface area contributed by atoms with Crippen LogP contribution in [0.25, 0.3) is 11.5 Å². The molecule has 0 amide bonds. The van der Waals surface area contributed by atoms with Gasteiger partial charge in [-0.1, -0.05) is 6.07 Å². The van der Waals surface area contributed by atoms with Gasteiger partial charge in [0.1, 0.15) is 28.0 Å². The van der Waals surface area contributed by atoms with Gasteiger partial charge in [0.25, 0.3) is 0 Å². The Kier molecular flexibility index (Phi) is 6.58. The van der Waals surface area contributed by atoms with Crippen LogP contribution < -0.4 is 14.4 Å². The zero-order valence-corrected chi connectivity index (χ0v) is 17.6. The quantitative estimate of drug-likeness (QED) is 0.584. The number of aromatic nitrogens is 3. The highest BCUT2D eigenvalue weighted by Crippen LogP contribution is 2.24. The number of benzene rings is 1. The van der Waals surface area contributed by atoms with E-state index in [9.17, 15) is 12.8 Å². The van der Waals surface area contributed by atoms with Crippen molar-refractivity contribution in [1.29, 1.82) is 0 Å². The van der Waals surface area contributed by atoms with Crippen molar-refractivity contribution >= 4 is 15.8 Å². The smallest absolute Gasteiger partial charge is 0.244 e. The topological polar surface area (TPSA) is 97.3 Å². The van der Waals surface area contributed by atoms with E-state index in [1.54, 1.807) is 24.4 Å². The molecule has 0 aliphatic rings. The molecule has 0 bridgehead atoms. The molecule has 30 heavy (non-hydrogen) atoms. The Morgan fingerprint density at radius 1 is 1.13 bits per heavy atom. The van der Waals surface area contributed by atoms with Gasteiger partial charge in [-0.25, -0.2) is 27.5 Å². The summed E-state index contributed by atoms with van der Waals surface area (Å²) in [4.78, 5) is 14.9. The summed E-state index contributed by atoms with van der Waals surface area (Å²) in [6, 6.07) is 10.6. The van der Waals surface area contributed by atoms with Crippen LogP contribution in [0.4, 0.5) is 10.2 Å². The number of methoxy groups -OCH3 is 1. The molecule has 1 aromatic carbocycles. The first-order valence-corrected chi connectivity index (χ1v) is 10.6. The van der Waals surface area contributed by atoms with Crippen molar-refractivity contribution in [3.8, 4) is 17.3 Å². The number of nitrogens with one attached hydrogen (secondary N) is 1. The second-order valence-electron chi connectivity index (χ2n) is 6.59. The van der Waals surface area contributed by atoms with Crippen LogP contribution >= 0.6 is 0 Å². The van der Waals surface area contributed by atoms with Crippen LogP contribution in [-0.2, 0) is 16.4 Å². The summed E-state index contributed by atoms with van der Waals surface area (Å²) in [5.41, 5.74) is 1.26. The Morgan fingerprint density at radius 2 is 1.93 bits per heavy atom. The molecule has 0 fully saturated rings. The van der Waals surface area contributed by atoms with E-state index in [4.69, 9.17) is 4.74 Å². The number of halogens is 1. The molecule has 0 radical (unpaired) electrons. The highest BCUT2D eigenvalue weighted by molar-refractivity contribution is 7.89. The Balaban J connectivity index is 1.80. The summed E-state index contributed by atoms with van der Waals surface area (Å²) in [6.07, 6.45) is 1.96. The molecule has 0 spiro atoms. The molecule has 158 valence electrons. The van der Waals surface area contributed by atoms with Gasteiger partial charge in [0.05, 0.1) is 7.11 Å². The molecule has 0 unspecified atom stereocenters. The molecular weight excluding hydrogens is 409 g/mol. The third kappa shape index (κ3) is 5.08. The van der Waals surface area contributed by atoms with Crippen molar-refractivity contribution < 1.29 is 17.5 Å². The molecule has 3 rings (SSSR count). The number of rotatable bonds is 8. The molecule has 0 atom stereocenters. The van der Waals surface area contributed by atoms with Gasteiger partial charge >= 0.3 is 0 Å². The number of pyridine rings is 1. The van der Waals surface area contributed by atoms with Gasteiger partial charge < -0.3 is 9.64 Å². The highest BCUT2D eigenvalue weighted by Gasteiger charge is 2.20. The van der Waals surface area contributed by atoms with Crippen LogP contribution in [0.1, 0.15) is 5.69 Å². The zero-order valence-electron chi connectivity index (χ0n) is 16.8. The minimum Gasteiger partial charge on any atom is -0.495 e. The fraction of sp³-hybridized carbons (Fsp3) is 0.250. The Bertz CT molecular complexity index is 1120. The molecule has 2 aromatic heterocycles. The minimum atomic E-state index is -3.97. The average Bonchev–Trinajstić information content (AvgIpc) is 2.74. The Labute approximate surface area is 174 Å². The molecule has 0 saturated carbocycles. The van der Waals surface area contributed by atoms with Crippen molar-refractivity contribution in [2.24, 2.45) is 0 Å². The monoisotopic (exact) mass is 431 g/mol. The lowest BCUT2D eigenvalue weighted by Crippen LogP contribution is -2.27. The van der Waals surface area contributed by atoms with Crippen LogP contribution in [0.2, 0.25) is 0 Å². The largest absolute Gasteiger partial charge is 0.495 e. The summed E-state index contributed by atoms with van der Waals surface area (Å²) < 4.78 is 46.3. The van der Waals surface area contributed by atoms with Crippen molar-refractivity contribution in [3.63, 3.8) is 0 Å². The molecule has 0 saturated heterocycles. The maximum absolute atomic E-state index is 13.6. The van der Waals surface area contributed by atoms with E-state index >= 15 is 0 Å². The molecule has 10 heteroatoms. The van der Waals surface area contributed by atoms with Gasteiger partial charge in [0.2, 0.25) is 10.0 Å². The van der Waals surface area contributed by atoms with E-state index in [-0.39, 0.29) is 17.2 Å². The molecule has 0 aliphatic heterocycles. The van der Waals surface area contributed by atoms with E-state index in [0.717, 1.165) is 12.1 Å². The van der Waals surface area contributed by atoms with Crippen LogP contribution in [0.15, 0.2) is 53.6 Å². The predicted molar refractivity (Wildman–Crippen MR) is 111 cm³/mol. The van der Waals surface area contributed by atoms with Crippen LogP contribution in [0.3, 0.4) is 0 Å². The van der Waals surface area contributed by atoms with Gasteiger partial charge in [0, 0.05) is 45.0 Å². The van der Waals surface area contributed by atoms with E-state index in [1.807, 2.05) is 25.1 Å². The molecule has 3 aromatic rings. The second-order valence-corrected chi connectivity index (χ2v) is 8.33. The summed E-state index contributed by atoms with van der Waals surface area (Å²) in [5, 5.41) is 0.